The molecule has 5 heteroatoms. The van der Waals surface area contributed by atoms with E-state index in [0.29, 0.717) is 0 Å². The topological polar surface area (TPSA) is 68.4 Å². The Balaban J connectivity index is 2.78. The standard InChI is InChI=1S/C7H5N5/c8-10-11-12-5-9-6-3-1-2-4-7(6)12/h1-5H/p+1. The molecule has 0 atom stereocenters. The molecule has 0 amide bonds. The molecule has 1 heterocycles. The molecule has 0 radical (unpaired) electrons. The molecule has 0 fully saturated rings. The zero-order valence-electron chi connectivity index (χ0n) is 6.18. The second kappa shape index (κ2) is 2.56. The third-order valence-electron chi connectivity index (χ3n) is 1.63. The normalized spacial score (nSPS) is 9.67. The first-order valence-electron chi connectivity index (χ1n) is 3.45. The molecular weight excluding hydrogens is 154 g/mol. The molecule has 0 unspecified atom stereocenters. The van der Waals surface area contributed by atoms with Gasteiger partial charge in [-0.1, -0.05) is 16.8 Å². The van der Waals surface area contributed by atoms with E-state index in [-0.39, 0.29) is 0 Å². The molecule has 2 aromatic rings. The highest BCUT2D eigenvalue weighted by atomic mass is 15.5. The lowest BCUT2D eigenvalue weighted by Crippen LogP contribution is -2.22. The average Bonchev–Trinajstić information content (AvgIpc) is 2.50. The molecule has 12 heavy (non-hydrogen) atoms. The summed E-state index contributed by atoms with van der Waals surface area (Å²) in [6.07, 6.45) is 1.62. The maximum absolute atomic E-state index is 8.22. The minimum absolute atomic E-state index is 0.871. The Hall–Kier alpha value is -2.00. The first-order chi connectivity index (χ1) is 5.92. The largest absolute Gasteiger partial charge is 0.302 e. The number of imidazole rings is 1. The molecule has 0 aliphatic heterocycles. The van der Waals surface area contributed by atoms with Gasteiger partial charge in [0.15, 0.2) is 0 Å². The van der Waals surface area contributed by atoms with Gasteiger partial charge in [-0.15, -0.1) is 0 Å². The zero-order valence-corrected chi connectivity index (χ0v) is 6.18. The van der Waals surface area contributed by atoms with Crippen molar-refractivity contribution in [2.24, 2.45) is 5.22 Å². The van der Waals surface area contributed by atoms with Crippen LogP contribution in [0.1, 0.15) is 0 Å². The highest BCUT2D eigenvalue weighted by Gasteiger charge is 2.07. The summed E-state index contributed by atoms with van der Waals surface area (Å²) in [6, 6.07) is 7.60. The van der Waals surface area contributed by atoms with Gasteiger partial charge < -0.3 is 4.98 Å². The van der Waals surface area contributed by atoms with Crippen LogP contribution in [0.3, 0.4) is 0 Å². The Morgan fingerprint density at radius 1 is 1.42 bits per heavy atom. The van der Waals surface area contributed by atoms with E-state index >= 15 is 0 Å². The number of aromatic nitrogens is 2. The number of rotatable bonds is 1. The van der Waals surface area contributed by atoms with Crippen molar-refractivity contribution in [1.29, 1.82) is 0 Å². The fraction of sp³-hybridized carbons (Fsp3) is 0. The van der Waals surface area contributed by atoms with Gasteiger partial charge >= 0.3 is 0 Å². The van der Waals surface area contributed by atoms with Gasteiger partial charge in [-0.3, -0.25) is 0 Å². The third kappa shape index (κ3) is 0.889. The van der Waals surface area contributed by atoms with Gasteiger partial charge in [0.25, 0.3) is 6.33 Å². The van der Waals surface area contributed by atoms with Crippen LogP contribution in [0.4, 0.5) is 0 Å². The van der Waals surface area contributed by atoms with Gasteiger partial charge in [-0.2, -0.15) is 0 Å². The number of azide groups is 1. The highest BCUT2D eigenvalue weighted by molar-refractivity contribution is 5.70. The molecule has 0 aliphatic rings. The van der Waals surface area contributed by atoms with Crippen molar-refractivity contribution in [1.82, 2.24) is 4.98 Å². The van der Waals surface area contributed by atoms with Crippen LogP contribution in [0, 0.1) is 0 Å². The summed E-state index contributed by atoms with van der Waals surface area (Å²) < 4.78 is 1.45. The summed E-state index contributed by atoms with van der Waals surface area (Å²) in [7, 11) is 0. The first-order valence-corrected chi connectivity index (χ1v) is 3.45. The van der Waals surface area contributed by atoms with Crippen LogP contribution in [-0.2, 0) is 0 Å². The average molecular weight is 160 g/mol. The molecule has 0 spiro atoms. The van der Waals surface area contributed by atoms with Crippen LogP contribution < -0.4 is 4.68 Å². The number of hydrogen-bond donors (Lipinski definition) is 1. The quantitative estimate of drug-likeness (QED) is 0.284. The van der Waals surface area contributed by atoms with E-state index in [0.717, 1.165) is 11.0 Å². The van der Waals surface area contributed by atoms with Gasteiger partial charge in [0.05, 0.1) is 4.91 Å². The van der Waals surface area contributed by atoms with Crippen LogP contribution in [0.15, 0.2) is 35.8 Å². The van der Waals surface area contributed by atoms with Crippen molar-refractivity contribution in [2.45, 2.75) is 0 Å². The van der Waals surface area contributed by atoms with Crippen LogP contribution in [0.5, 0.6) is 0 Å². The van der Waals surface area contributed by atoms with Crippen LogP contribution in [0.25, 0.3) is 21.5 Å². The Kier molecular flexibility index (Phi) is 1.43. The summed E-state index contributed by atoms with van der Waals surface area (Å²) >= 11 is 0. The summed E-state index contributed by atoms with van der Waals surface area (Å²) in [5, 5.41) is 3.46. The van der Waals surface area contributed by atoms with Gasteiger partial charge in [-0.05, 0) is 6.07 Å². The third-order valence-corrected chi connectivity index (χ3v) is 1.63. The van der Waals surface area contributed by atoms with E-state index in [4.69, 9.17) is 5.53 Å². The SMILES string of the molecule is [N-]=[N+]=N[n+]1c[nH]c2ccccc21. The summed E-state index contributed by atoms with van der Waals surface area (Å²) in [5.41, 5.74) is 10.0. The molecular formula is C7H6N5+. The minimum Gasteiger partial charge on any atom is -0.302 e. The molecule has 1 aromatic heterocycles. The Morgan fingerprint density at radius 3 is 3.08 bits per heavy atom. The van der Waals surface area contributed by atoms with E-state index in [1.165, 1.54) is 4.68 Å². The summed E-state index contributed by atoms with van der Waals surface area (Å²) in [5.74, 6) is 0. The molecule has 2 rings (SSSR count). The number of para-hydroxylation sites is 2. The zero-order chi connectivity index (χ0) is 8.39. The Morgan fingerprint density at radius 2 is 2.25 bits per heavy atom. The van der Waals surface area contributed by atoms with Gasteiger partial charge in [0, 0.05) is 11.6 Å². The van der Waals surface area contributed by atoms with Crippen molar-refractivity contribution in [3.8, 4) is 0 Å². The summed E-state index contributed by atoms with van der Waals surface area (Å²) in [6.45, 7) is 0. The molecule has 0 aliphatic carbocycles. The summed E-state index contributed by atoms with van der Waals surface area (Å²) in [4.78, 5) is 5.67. The smallest absolute Gasteiger partial charge is 0.262 e. The number of nitrogens with zero attached hydrogens (tertiary/aromatic N) is 4. The Labute approximate surface area is 67.9 Å². The second-order valence-electron chi connectivity index (χ2n) is 2.31. The van der Waals surface area contributed by atoms with Crippen LogP contribution >= 0.6 is 0 Å². The molecule has 5 nitrogen and oxygen atoms in total. The molecule has 58 valence electrons. The highest BCUT2D eigenvalue weighted by Crippen LogP contribution is 2.04. The Bertz CT molecular complexity index is 452. The number of aromatic amines is 1. The lowest BCUT2D eigenvalue weighted by Gasteiger charge is -1.79. The lowest BCUT2D eigenvalue weighted by molar-refractivity contribution is -0.655. The monoisotopic (exact) mass is 160 g/mol. The van der Waals surface area contributed by atoms with E-state index in [9.17, 15) is 0 Å². The number of hydrogen-bond acceptors (Lipinski definition) is 1. The van der Waals surface area contributed by atoms with E-state index in [2.05, 4.69) is 15.1 Å². The maximum Gasteiger partial charge on any atom is 0.262 e. The predicted octanol–water partition coefficient (Wildman–Crippen LogP) is 1.53. The molecule has 1 N–H and O–H groups in total. The number of benzene rings is 1. The minimum atomic E-state index is 0.871. The van der Waals surface area contributed by atoms with Crippen molar-refractivity contribution in [3.63, 3.8) is 0 Å². The molecule has 1 aromatic carbocycles. The first kappa shape index (κ1) is 6.69. The number of H-pyrrole nitrogens is 1. The van der Waals surface area contributed by atoms with Gasteiger partial charge in [0.2, 0.25) is 10.7 Å². The molecule has 0 saturated heterocycles. The second-order valence-corrected chi connectivity index (χ2v) is 2.31. The fourth-order valence-electron chi connectivity index (χ4n) is 1.11. The molecule has 0 saturated carbocycles. The van der Waals surface area contributed by atoms with Crippen LogP contribution in [-0.4, -0.2) is 4.98 Å². The molecule has 0 bridgehead atoms. The van der Waals surface area contributed by atoms with Gasteiger partial charge in [-0.25, -0.2) is 0 Å². The van der Waals surface area contributed by atoms with Crippen molar-refractivity contribution >= 4 is 11.0 Å². The van der Waals surface area contributed by atoms with E-state index in [1.54, 1.807) is 6.33 Å². The van der Waals surface area contributed by atoms with Crippen molar-refractivity contribution in [3.05, 3.63) is 41.0 Å². The van der Waals surface area contributed by atoms with Crippen LogP contribution in [0.2, 0.25) is 0 Å². The van der Waals surface area contributed by atoms with Crippen molar-refractivity contribution in [2.75, 3.05) is 0 Å². The maximum atomic E-state index is 8.22. The van der Waals surface area contributed by atoms with Crippen molar-refractivity contribution < 1.29 is 4.68 Å². The van der Waals surface area contributed by atoms with E-state index in [1.807, 2.05) is 24.3 Å². The van der Waals surface area contributed by atoms with E-state index < -0.39 is 0 Å². The number of fused-ring (bicyclic) bond motifs is 1. The number of nitrogens with one attached hydrogen (secondary N) is 1. The lowest BCUT2D eigenvalue weighted by atomic mass is 10.3. The fourth-order valence-corrected chi connectivity index (χ4v) is 1.11. The van der Waals surface area contributed by atoms with Gasteiger partial charge in [0.1, 0.15) is 5.52 Å². The predicted molar refractivity (Wildman–Crippen MR) is 43.0 cm³/mol.